The highest BCUT2D eigenvalue weighted by Crippen LogP contribution is 2.13. The molecular weight excluding hydrogens is 296 g/mol. The summed E-state index contributed by atoms with van der Waals surface area (Å²) in [6.45, 7) is 5.33. The van der Waals surface area contributed by atoms with Crippen molar-refractivity contribution in [2.45, 2.75) is 129 Å². The van der Waals surface area contributed by atoms with E-state index >= 15 is 0 Å². The first-order valence-electron chi connectivity index (χ1n) is 11.1. The second-order valence-electron chi connectivity index (χ2n) is 7.39. The van der Waals surface area contributed by atoms with Crippen molar-refractivity contribution in [1.82, 2.24) is 0 Å². The molecule has 0 aliphatic rings. The van der Waals surface area contributed by atoms with E-state index in [1.165, 1.54) is 96.3 Å². The quantitative estimate of drug-likeness (QED) is 0.240. The molecule has 0 fully saturated rings. The summed E-state index contributed by atoms with van der Waals surface area (Å²) in [5, 5.41) is 9.04. The number of ether oxygens (including phenoxy) is 1. The maximum Gasteiger partial charge on any atom is 0.0803 e. The van der Waals surface area contributed by atoms with Gasteiger partial charge >= 0.3 is 0 Å². The summed E-state index contributed by atoms with van der Waals surface area (Å²) in [4.78, 5) is 0. The number of unbranched alkanes of at least 4 members (excludes halogenated alkanes) is 15. The third kappa shape index (κ3) is 18.3. The van der Waals surface area contributed by atoms with E-state index in [2.05, 4.69) is 13.8 Å². The number of aliphatic hydroxyl groups excluding tert-OH is 1. The average Bonchev–Trinajstić information content (AvgIpc) is 2.61. The molecule has 2 heteroatoms. The third-order valence-electron chi connectivity index (χ3n) is 5.01. The van der Waals surface area contributed by atoms with Gasteiger partial charge in [-0.15, -0.1) is 0 Å². The lowest BCUT2D eigenvalue weighted by molar-refractivity contribution is 0.00930. The van der Waals surface area contributed by atoms with Crippen molar-refractivity contribution in [3.05, 3.63) is 0 Å². The van der Waals surface area contributed by atoms with Gasteiger partial charge in [0, 0.05) is 6.61 Å². The van der Waals surface area contributed by atoms with Gasteiger partial charge in [-0.05, 0) is 12.8 Å². The van der Waals surface area contributed by atoms with Gasteiger partial charge in [-0.3, -0.25) is 0 Å². The van der Waals surface area contributed by atoms with Gasteiger partial charge in [0.15, 0.2) is 0 Å². The van der Waals surface area contributed by atoms with E-state index in [-0.39, 0.29) is 12.7 Å². The van der Waals surface area contributed by atoms with Crippen molar-refractivity contribution in [2.75, 3.05) is 13.2 Å². The van der Waals surface area contributed by atoms with Crippen LogP contribution in [0.5, 0.6) is 0 Å². The van der Waals surface area contributed by atoms with E-state index in [1.807, 2.05) is 0 Å². The van der Waals surface area contributed by atoms with Gasteiger partial charge in [0.05, 0.1) is 12.7 Å². The number of hydrogen-bond donors (Lipinski definition) is 1. The standard InChI is InChI=1S/C22H46O2/c1-3-5-6-7-8-9-10-11-12-13-14-15-16-17-18-19-20-24-22(4-2)21-23/h22-23H,3-21H2,1-2H3. The summed E-state index contributed by atoms with van der Waals surface area (Å²) in [5.41, 5.74) is 0. The fourth-order valence-electron chi connectivity index (χ4n) is 3.20. The average molecular weight is 343 g/mol. The zero-order valence-electron chi connectivity index (χ0n) is 16.9. The van der Waals surface area contributed by atoms with E-state index in [0.29, 0.717) is 0 Å². The Hall–Kier alpha value is -0.0800. The third-order valence-corrected chi connectivity index (χ3v) is 5.01. The van der Waals surface area contributed by atoms with Gasteiger partial charge in [0.2, 0.25) is 0 Å². The Kier molecular flexibility index (Phi) is 20.9. The summed E-state index contributed by atoms with van der Waals surface area (Å²) in [7, 11) is 0. The number of aliphatic hydroxyl groups is 1. The van der Waals surface area contributed by atoms with Crippen LogP contribution in [0.3, 0.4) is 0 Å². The number of rotatable bonds is 20. The molecule has 2 nitrogen and oxygen atoms in total. The summed E-state index contributed by atoms with van der Waals surface area (Å²) < 4.78 is 5.61. The van der Waals surface area contributed by atoms with Crippen molar-refractivity contribution in [2.24, 2.45) is 0 Å². The second kappa shape index (κ2) is 21.0. The molecule has 0 heterocycles. The Morgan fingerprint density at radius 1 is 0.583 bits per heavy atom. The first kappa shape index (κ1) is 23.9. The van der Waals surface area contributed by atoms with E-state index in [0.717, 1.165) is 19.4 Å². The lowest BCUT2D eigenvalue weighted by atomic mass is 10.0. The van der Waals surface area contributed by atoms with E-state index in [4.69, 9.17) is 9.84 Å². The highest BCUT2D eigenvalue weighted by Gasteiger charge is 2.03. The molecule has 1 atom stereocenters. The van der Waals surface area contributed by atoms with Gasteiger partial charge < -0.3 is 9.84 Å². The van der Waals surface area contributed by atoms with Gasteiger partial charge in [-0.25, -0.2) is 0 Å². The van der Waals surface area contributed by atoms with Crippen LogP contribution in [0.15, 0.2) is 0 Å². The van der Waals surface area contributed by atoms with Gasteiger partial charge in [-0.1, -0.05) is 110 Å². The molecule has 0 spiro atoms. The maximum absolute atomic E-state index is 9.04. The molecule has 1 N–H and O–H groups in total. The van der Waals surface area contributed by atoms with Crippen LogP contribution in [-0.2, 0) is 4.74 Å². The van der Waals surface area contributed by atoms with Crippen molar-refractivity contribution < 1.29 is 9.84 Å². The van der Waals surface area contributed by atoms with Gasteiger partial charge in [-0.2, -0.15) is 0 Å². The minimum Gasteiger partial charge on any atom is -0.394 e. The fourth-order valence-corrected chi connectivity index (χ4v) is 3.20. The molecule has 0 radical (unpaired) electrons. The molecule has 0 aromatic carbocycles. The molecule has 0 bridgehead atoms. The van der Waals surface area contributed by atoms with Crippen molar-refractivity contribution in [1.29, 1.82) is 0 Å². The minimum atomic E-state index is 0.0568. The zero-order chi connectivity index (χ0) is 17.7. The van der Waals surface area contributed by atoms with Gasteiger partial charge in [0.25, 0.3) is 0 Å². The van der Waals surface area contributed by atoms with Crippen LogP contribution in [-0.4, -0.2) is 24.4 Å². The predicted octanol–water partition coefficient (Wildman–Crippen LogP) is 7.04. The van der Waals surface area contributed by atoms with Crippen LogP contribution in [0.4, 0.5) is 0 Å². The smallest absolute Gasteiger partial charge is 0.0803 e. The largest absolute Gasteiger partial charge is 0.394 e. The fraction of sp³-hybridized carbons (Fsp3) is 1.00. The summed E-state index contributed by atoms with van der Waals surface area (Å²) >= 11 is 0. The lowest BCUT2D eigenvalue weighted by Crippen LogP contribution is -2.16. The Labute approximate surface area is 152 Å². The van der Waals surface area contributed by atoms with Crippen LogP contribution >= 0.6 is 0 Å². The molecule has 0 aromatic rings. The topological polar surface area (TPSA) is 29.5 Å². The molecule has 1 unspecified atom stereocenters. The Morgan fingerprint density at radius 3 is 1.29 bits per heavy atom. The van der Waals surface area contributed by atoms with Crippen LogP contribution in [0.1, 0.15) is 123 Å². The van der Waals surface area contributed by atoms with E-state index < -0.39 is 0 Å². The summed E-state index contributed by atoms with van der Waals surface area (Å²) in [6, 6.07) is 0. The highest BCUT2D eigenvalue weighted by molar-refractivity contribution is 4.53. The molecule has 0 saturated heterocycles. The minimum absolute atomic E-state index is 0.0568. The van der Waals surface area contributed by atoms with Crippen LogP contribution in [0, 0.1) is 0 Å². The molecule has 0 aliphatic carbocycles. The zero-order valence-corrected chi connectivity index (χ0v) is 16.9. The van der Waals surface area contributed by atoms with Crippen LogP contribution in [0.2, 0.25) is 0 Å². The van der Waals surface area contributed by atoms with E-state index in [1.54, 1.807) is 0 Å². The second-order valence-corrected chi connectivity index (χ2v) is 7.39. The Morgan fingerprint density at radius 2 is 0.958 bits per heavy atom. The molecule has 0 amide bonds. The summed E-state index contributed by atoms with van der Waals surface area (Å²) in [5.74, 6) is 0. The van der Waals surface area contributed by atoms with Gasteiger partial charge in [0.1, 0.15) is 0 Å². The molecule has 146 valence electrons. The molecule has 0 aromatic heterocycles. The Balaban J connectivity index is 3.03. The van der Waals surface area contributed by atoms with Crippen molar-refractivity contribution >= 4 is 0 Å². The molecule has 0 aliphatic heterocycles. The van der Waals surface area contributed by atoms with Crippen LogP contribution in [0.25, 0.3) is 0 Å². The molecule has 0 rings (SSSR count). The SMILES string of the molecule is CCCCCCCCCCCCCCCCCCOC(CC)CO. The maximum atomic E-state index is 9.04. The van der Waals surface area contributed by atoms with E-state index in [9.17, 15) is 0 Å². The normalized spacial score (nSPS) is 12.6. The first-order chi connectivity index (χ1) is 11.8. The monoisotopic (exact) mass is 342 g/mol. The molecular formula is C22H46O2. The first-order valence-corrected chi connectivity index (χ1v) is 11.1. The van der Waals surface area contributed by atoms with Crippen molar-refractivity contribution in [3.63, 3.8) is 0 Å². The lowest BCUT2D eigenvalue weighted by Gasteiger charge is -2.12. The highest BCUT2D eigenvalue weighted by atomic mass is 16.5. The number of hydrogen-bond acceptors (Lipinski definition) is 2. The molecule has 0 saturated carbocycles. The predicted molar refractivity (Wildman–Crippen MR) is 107 cm³/mol. The Bertz CT molecular complexity index is 214. The van der Waals surface area contributed by atoms with Crippen LogP contribution < -0.4 is 0 Å². The van der Waals surface area contributed by atoms with Crippen molar-refractivity contribution in [3.8, 4) is 0 Å². The summed E-state index contributed by atoms with van der Waals surface area (Å²) in [6.07, 6.45) is 23.4. The molecule has 24 heavy (non-hydrogen) atoms.